The van der Waals surface area contributed by atoms with Crippen molar-refractivity contribution in [3.05, 3.63) is 56.0 Å². The van der Waals surface area contributed by atoms with E-state index in [2.05, 4.69) is 20.9 Å². The number of aromatic nitrogens is 2. The van der Waals surface area contributed by atoms with E-state index in [0.29, 0.717) is 15.8 Å². The van der Waals surface area contributed by atoms with E-state index in [1.807, 2.05) is 25.1 Å². The summed E-state index contributed by atoms with van der Waals surface area (Å²) >= 11 is 14.6. The molecule has 6 heteroatoms. The number of nitrogens with one attached hydrogen (secondary N) is 1. The first-order valence-corrected chi connectivity index (χ1v) is 7.41. The Labute approximate surface area is 133 Å². The zero-order chi connectivity index (χ0) is 14.4. The molecule has 20 heavy (non-hydrogen) atoms. The first-order valence-electron chi connectivity index (χ1n) is 5.83. The zero-order valence-corrected chi connectivity index (χ0v) is 13.5. The monoisotopic (exact) mass is 370 g/mol. The maximum Gasteiger partial charge on any atom is 0.182 e. The average Bonchev–Trinajstić information content (AvgIpc) is 2.64. The van der Waals surface area contributed by atoms with Gasteiger partial charge in [-0.15, -0.1) is 0 Å². The lowest BCUT2D eigenvalue weighted by Gasteiger charge is -2.07. The summed E-state index contributed by atoms with van der Waals surface area (Å²) in [5, 5.41) is 0.0753. The molecule has 0 spiro atoms. The molecule has 0 aliphatic carbocycles. The fourth-order valence-electron chi connectivity index (χ4n) is 2.20. The van der Waals surface area contributed by atoms with Crippen LogP contribution in [0.1, 0.15) is 5.56 Å². The molecule has 0 fully saturated rings. The normalized spacial score (nSPS) is 11.2. The highest BCUT2D eigenvalue weighted by Crippen LogP contribution is 2.27. The van der Waals surface area contributed by atoms with Crippen molar-refractivity contribution >= 4 is 50.8 Å². The predicted molar refractivity (Wildman–Crippen MR) is 85.9 cm³/mol. The summed E-state index contributed by atoms with van der Waals surface area (Å²) < 4.78 is 16.9. The first kappa shape index (κ1) is 13.8. The van der Waals surface area contributed by atoms with E-state index in [9.17, 15) is 4.39 Å². The van der Waals surface area contributed by atoms with Gasteiger partial charge >= 0.3 is 0 Å². The number of fused-ring (bicyclic) bond motifs is 1. The number of benzene rings is 2. The number of nitrogens with zero attached hydrogens (tertiary/aromatic N) is 1. The van der Waals surface area contributed by atoms with Crippen molar-refractivity contribution in [3.8, 4) is 5.69 Å². The third kappa shape index (κ3) is 2.30. The van der Waals surface area contributed by atoms with E-state index < -0.39 is 5.82 Å². The molecule has 0 amide bonds. The summed E-state index contributed by atoms with van der Waals surface area (Å²) in [4.78, 5) is 3.04. The Hall–Kier alpha value is -1.17. The minimum atomic E-state index is -0.464. The van der Waals surface area contributed by atoms with E-state index in [1.165, 1.54) is 6.07 Å². The van der Waals surface area contributed by atoms with Crippen LogP contribution in [0, 0.1) is 17.5 Å². The standard InChI is InChI=1S/C14H9BrClFN2S/c1-7-2-8(15)4-9(3-7)19-13-6-11(17)10(16)5-12(13)18-14(19)20/h2-6H,1H3,(H,18,20). The molecule has 0 saturated heterocycles. The lowest BCUT2D eigenvalue weighted by molar-refractivity contribution is 0.629. The Morgan fingerprint density at radius 1 is 1.25 bits per heavy atom. The molecule has 0 atom stereocenters. The van der Waals surface area contributed by atoms with Gasteiger partial charge in [0.25, 0.3) is 0 Å². The van der Waals surface area contributed by atoms with Crippen molar-refractivity contribution in [2.75, 3.05) is 0 Å². The maximum absolute atomic E-state index is 13.7. The SMILES string of the molecule is Cc1cc(Br)cc(-n2c(=S)[nH]c3cc(Cl)c(F)cc32)c1. The van der Waals surface area contributed by atoms with Gasteiger partial charge in [-0.3, -0.25) is 4.57 Å². The molecule has 3 aromatic rings. The van der Waals surface area contributed by atoms with Crippen molar-refractivity contribution in [1.82, 2.24) is 9.55 Å². The summed E-state index contributed by atoms with van der Waals surface area (Å²) in [7, 11) is 0. The Morgan fingerprint density at radius 2 is 2.00 bits per heavy atom. The van der Waals surface area contributed by atoms with Gasteiger partial charge < -0.3 is 4.98 Å². The average molecular weight is 372 g/mol. The summed E-state index contributed by atoms with van der Waals surface area (Å²) in [5.41, 5.74) is 3.32. The number of aryl methyl sites for hydroxylation is 1. The van der Waals surface area contributed by atoms with E-state index in [4.69, 9.17) is 23.8 Å². The number of halogens is 3. The fourth-order valence-corrected chi connectivity index (χ4v) is 3.28. The minimum absolute atomic E-state index is 0.0753. The molecule has 0 unspecified atom stereocenters. The van der Waals surface area contributed by atoms with Gasteiger partial charge in [0, 0.05) is 16.2 Å². The Balaban J connectivity index is 2.38. The van der Waals surface area contributed by atoms with Crippen molar-refractivity contribution in [2.24, 2.45) is 0 Å². The molecule has 0 aliphatic rings. The number of hydrogen-bond acceptors (Lipinski definition) is 1. The smallest absolute Gasteiger partial charge is 0.182 e. The molecule has 1 aromatic heterocycles. The molecule has 0 aliphatic heterocycles. The topological polar surface area (TPSA) is 20.7 Å². The third-order valence-electron chi connectivity index (χ3n) is 3.01. The number of rotatable bonds is 1. The van der Waals surface area contributed by atoms with Crippen LogP contribution in [0.15, 0.2) is 34.8 Å². The van der Waals surface area contributed by atoms with E-state index in [0.717, 1.165) is 15.7 Å². The minimum Gasteiger partial charge on any atom is -0.330 e. The van der Waals surface area contributed by atoms with Crippen LogP contribution in [0.4, 0.5) is 4.39 Å². The van der Waals surface area contributed by atoms with E-state index in [1.54, 1.807) is 10.6 Å². The molecule has 2 aromatic carbocycles. The van der Waals surface area contributed by atoms with E-state index >= 15 is 0 Å². The number of aromatic amines is 1. The van der Waals surface area contributed by atoms with Crippen molar-refractivity contribution < 1.29 is 4.39 Å². The van der Waals surface area contributed by atoms with Crippen LogP contribution >= 0.6 is 39.7 Å². The number of imidazole rings is 1. The summed E-state index contributed by atoms with van der Waals surface area (Å²) in [6.45, 7) is 1.99. The zero-order valence-electron chi connectivity index (χ0n) is 10.4. The van der Waals surface area contributed by atoms with Gasteiger partial charge in [-0.05, 0) is 49.0 Å². The third-order valence-corrected chi connectivity index (χ3v) is 4.04. The van der Waals surface area contributed by atoms with Gasteiger partial charge in [0.05, 0.1) is 16.1 Å². The van der Waals surface area contributed by atoms with Crippen LogP contribution in [0.25, 0.3) is 16.7 Å². The van der Waals surface area contributed by atoms with Gasteiger partial charge in [0.2, 0.25) is 0 Å². The fraction of sp³-hybridized carbons (Fsp3) is 0.0714. The Morgan fingerprint density at radius 3 is 2.70 bits per heavy atom. The quantitative estimate of drug-likeness (QED) is 0.556. The van der Waals surface area contributed by atoms with Crippen LogP contribution in [-0.4, -0.2) is 9.55 Å². The van der Waals surface area contributed by atoms with Gasteiger partial charge in [-0.25, -0.2) is 4.39 Å². The van der Waals surface area contributed by atoms with Crippen molar-refractivity contribution in [3.63, 3.8) is 0 Å². The predicted octanol–water partition coefficient (Wildman–Crippen LogP) is 5.55. The van der Waals surface area contributed by atoms with Crippen LogP contribution in [0.5, 0.6) is 0 Å². The van der Waals surface area contributed by atoms with E-state index in [-0.39, 0.29) is 5.02 Å². The van der Waals surface area contributed by atoms with Crippen LogP contribution in [0.2, 0.25) is 5.02 Å². The highest BCUT2D eigenvalue weighted by atomic mass is 79.9. The molecule has 102 valence electrons. The van der Waals surface area contributed by atoms with Gasteiger partial charge in [-0.2, -0.15) is 0 Å². The highest BCUT2D eigenvalue weighted by molar-refractivity contribution is 9.10. The van der Waals surface area contributed by atoms with Crippen molar-refractivity contribution in [1.29, 1.82) is 0 Å². The number of hydrogen-bond donors (Lipinski definition) is 1. The molecule has 3 rings (SSSR count). The largest absolute Gasteiger partial charge is 0.330 e. The lowest BCUT2D eigenvalue weighted by atomic mass is 10.2. The summed E-state index contributed by atoms with van der Waals surface area (Å²) in [6, 6.07) is 8.85. The maximum atomic E-state index is 13.7. The lowest BCUT2D eigenvalue weighted by Crippen LogP contribution is -1.95. The number of H-pyrrole nitrogens is 1. The molecule has 0 saturated carbocycles. The Kier molecular flexibility index (Phi) is 3.44. The second kappa shape index (κ2) is 4.98. The first-order chi connectivity index (χ1) is 9.45. The van der Waals surface area contributed by atoms with Gasteiger partial charge in [0.1, 0.15) is 5.82 Å². The molecule has 2 nitrogen and oxygen atoms in total. The second-order valence-electron chi connectivity index (χ2n) is 4.54. The van der Waals surface area contributed by atoms with Crippen LogP contribution in [0.3, 0.4) is 0 Å². The summed E-state index contributed by atoms with van der Waals surface area (Å²) in [6.07, 6.45) is 0. The molecular formula is C14H9BrClFN2S. The van der Waals surface area contributed by atoms with Crippen molar-refractivity contribution in [2.45, 2.75) is 6.92 Å². The molecule has 0 bridgehead atoms. The molecule has 1 N–H and O–H groups in total. The summed E-state index contributed by atoms with van der Waals surface area (Å²) in [5.74, 6) is -0.464. The van der Waals surface area contributed by atoms with Gasteiger partial charge in [0.15, 0.2) is 4.77 Å². The molecule has 1 heterocycles. The van der Waals surface area contributed by atoms with Crippen LogP contribution < -0.4 is 0 Å². The molecule has 0 radical (unpaired) electrons. The highest BCUT2D eigenvalue weighted by Gasteiger charge is 2.11. The van der Waals surface area contributed by atoms with Gasteiger partial charge in [-0.1, -0.05) is 27.5 Å². The second-order valence-corrected chi connectivity index (χ2v) is 6.25. The van der Waals surface area contributed by atoms with Crippen LogP contribution in [-0.2, 0) is 0 Å². The Bertz CT molecular complexity index is 864. The molecular weight excluding hydrogens is 363 g/mol.